The Bertz CT molecular complexity index is 956. The lowest BCUT2D eigenvalue weighted by Crippen LogP contribution is -2.13. The van der Waals surface area contributed by atoms with Crippen LogP contribution in [0, 0.1) is 0 Å². The Labute approximate surface area is 156 Å². The summed E-state index contributed by atoms with van der Waals surface area (Å²) in [6.45, 7) is -2.95. The van der Waals surface area contributed by atoms with Crippen LogP contribution in [0.5, 0.6) is 5.75 Å². The maximum absolute atomic E-state index is 12.4. The molecule has 0 saturated carbocycles. The third-order valence-electron chi connectivity index (χ3n) is 3.66. The van der Waals surface area contributed by atoms with Gasteiger partial charge < -0.3 is 15.2 Å². The molecule has 8 heteroatoms. The van der Waals surface area contributed by atoms with E-state index in [0.29, 0.717) is 5.56 Å². The second kappa shape index (κ2) is 7.96. The van der Waals surface area contributed by atoms with E-state index < -0.39 is 18.5 Å². The highest BCUT2D eigenvalue weighted by Gasteiger charge is 2.21. The van der Waals surface area contributed by atoms with E-state index in [1.165, 1.54) is 24.3 Å². The summed E-state index contributed by atoms with van der Waals surface area (Å²) in [5, 5.41) is 14.0. The van der Waals surface area contributed by atoms with Gasteiger partial charge in [-0.3, -0.25) is 4.79 Å². The number of carboxylic acid groups (broad SMARTS) is 1. The highest BCUT2D eigenvalue weighted by molar-refractivity contribution is 7.15. The number of thiophene rings is 1. The van der Waals surface area contributed by atoms with Crippen LogP contribution in [0.2, 0.25) is 0 Å². The summed E-state index contributed by atoms with van der Waals surface area (Å²) < 4.78 is 28.6. The molecule has 1 heterocycles. The predicted octanol–water partition coefficient (Wildman–Crippen LogP) is 4.97. The molecule has 0 atom stereocenters. The van der Waals surface area contributed by atoms with Gasteiger partial charge in [-0.2, -0.15) is 8.78 Å². The van der Waals surface area contributed by atoms with Crippen molar-refractivity contribution in [2.24, 2.45) is 0 Å². The summed E-state index contributed by atoms with van der Waals surface area (Å²) in [6.07, 6.45) is 0. The molecule has 2 N–H and O–H groups in total. The quantitative estimate of drug-likeness (QED) is 0.624. The van der Waals surface area contributed by atoms with E-state index in [1.54, 1.807) is 29.6 Å². The fourth-order valence-corrected chi connectivity index (χ4v) is 3.41. The average Bonchev–Trinajstić information content (AvgIpc) is 3.06. The average molecular weight is 389 g/mol. The normalized spacial score (nSPS) is 10.6. The Kier molecular flexibility index (Phi) is 5.46. The van der Waals surface area contributed by atoms with Crippen molar-refractivity contribution >= 4 is 28.2 Å². The number of carbonyl (C=O) groups is 2. The van der Waals surface area contributed by atoms with E-state index in [9.17, 15) is 23.5 Å². The number of ether oxygens (including phenoxy) is 1. The molecule has 0 fully saturated rings. The lowest BCUT2D eigenvalue weighted by Gasteiger charge is -2.07. The molecule has 0 spiro atoms. The van der Waals surface area contributed by atoms with E-state index >= 15 is 0 Å². The van der Waals surface area contributed by atoms with Crippen molar-refractivity contribution in [1.29, 1.82) is 0 Å². The van der Waals surface area contributed by atoms with Gasteiger partial charge in [-0.25, -0.2) is 4.79 Å². The van der Waals surface area contributed by atoms with Gasteiger partial charge in [0.2, 0.25) is 0 Å². The number of amides is 1. The number of nitrogens with one attached hydrogen (secondary N) is 1. The maximum Gasteiger partial charge on any atom is 0.387 e. The van der Waals surface area contributed by atoms with E-state index in [4.69, 9.17) is 0 Å². The smallest absolute Gasteiger partial charge is 0.387 e. The molecule has 0 radical (unpaired) electrons. The highest BCUT2D eigenvalue weighted by Crippen LogP contribution is 2.35. The first-order valence-corrected chi connectivity index (χ1v) is 8.60. The zero-order valence-corrected chi connectivity index (χ0v) is 14.5. The molecule has 0 aliphatic heterocycles. The van der Waals surface area contributed by atoms with Crippen LogP contribution >= 0.6 is 11.3 Å². The van der Waals surface area contributed by atoms with Crippen molar-refractivity contribution in [3.05, 3.63) is 71.1 Å². The van der Waals surface area contributed by atoms with Crippen LogP contribution in [0.15, 0.2) is 60.0 Å². The minimum atomic E-state index is -2.95. The summed E-state index contributed by atoms with van der Waals surface area (Å²) in [4.78, 5) is 24.1. The van der Waals surface area contributed by atoms with E-state index in [0.717, 1.165) is 16.9 Å². The Morgan fingerprint density at radius 1 is 1.04 bits per heavy atom. The number of halogens is 2. The zero-order chi connectivity index (χ0) is 19.4. The van der Waals surface area contributed by atoms with Gasteiger partial charge in [-0.05, 0) is 29.8 Å². The fourth-order valence-electron chi connectivity index (χ4n) is 2.46. The van der Waals surface area contributed by atoms with Crippen LogP contribution in [0.4, 0.5) is 13.8 Å². The number of carbonyl (C=O) groups excluding carboxylic acids is 1. The number of carboxylic acids is 1. The van der Waals surface area contributed by atoms with E-state index in [-0.39, 0.29) is 21.9 Å². The van der Waals surface area contributed by atoms with Gasteiger partial charge in [-0.1, -0.05) is 30.3 Å². The molecule has 0 unspecified atom stereocenters. The van der Waals surface area contributed by atoms with Gasteiger partial charge in [0.05, 0.1) is 0 Å². The van der Waals surface area contributed by atoms with Gasteiger partial charge in [-0.15, -0.1) is 11.3 Å². The summed E-state index contributed by atoms with van der Waals surface area (Å²) in [5.74, 6) is -1.79. The number of hydrogen-bond donors (Lipinski definition) is 2. The molecule has 3 aromatic rings. The van der Waals surface area contributed by atoms with Crippen molar-refractivity contribution in [3.8, 4) is 16.9 Å². The van der Waals surface area contributed by atoms with Gasteiger partial charge in [0.1, 0.15) is 16.3 Å². The van der Waals surface area contributed by atoms with Crippen molar-refractivity contribution < 1.29 is 28.2 Å². The van der Waals surface area contributed by atoms with Gasteiger partial charge in [0.15, 0.2) is 0 Å². The summed E-state index contributed by atoms with van der Waals surface area (Å²) >= 11 is 1.10. The van der Waals surface area contributed by atoms with Crippen LogP contribution < -0.4 is 10.1 Å². The van der Waals surface area contributed by atoms with Gasteiger partial charge in [0, 0.05) is 16.5 Å². The Morgan fingerprint density at radius 2 is 1.70 bits per heavy atom. The number of hydrogen-bond acceptors (Lipinski definition) is 4. The largest absolute Gasteiger partial charge is 0.478 e. The minimum absolute atomic E-state index is 0.00259. The minimum Gasteiger partial charge on any atom is -0.478 e. The van der Waals surface area contributed by atoms with Crippen LogP contribution in [-0.2, 0) is 0 Å². The first kappa shape index (κ1) is 18.5. The second-order valence-corrected chi connectivity index (χ2v) is 6.26. The Hall–Kier alpha value is -3.26. The van der Waals surface area contributed by atoms with Crippen LogP contribution in [-0.4, -0.2) is 23.6 Å². The fraction of sp³-hybridized carbons (Fsp3) is 0.0526. The first-order chi connectivity index (χ1) is 13.0. The number of alkyl halides is 2. The molecule has 0 bridgehead atoms. The second-order valence-electron chi connectivity index (χ2n) is 5.38. The number of anilines is 1. The highest BCUT2D eigenvalue weighted by atomic mass is 32.1. The standard InChI is InChI=1S/C19H13F2NO4S/c20-19(21)26-13-8-6-12(7-9-13)16(23)22-17-15(18(24)25)14(10-27-17)11-4-2-1-3-5-11/h1-10,19H,(H,22,23)(H,24,25). The Morgan fingerprint density at radius 3 is 2.30 bits per heavy atom. The number of rotatable bonds is 6. The molecule has 1 amide bonds. The van der Waals surface area contributed by atoms with Gasteiger partial charge in [0.25, 0.3) is 5.91 Å². The number of aromatic carboxylic acids is 1. The van der Waals surface area contributed by atoms with Crippen molar-refractivity contribution in [1.82, 2.24) is 0 Å². The maximum atomic E-state index is 12.4. The molecular weight excluding hydrogens is 376 g/mol. The molecule has 0 aliphatic rings. The molecule has 0 saturated heterocycles. The van der Waals surface area contributed by atoms with Crippen molar-refractivity contribution in [3.63, 3.8) is 0 Å². The summed E-state index contributed by atoms with van der Waals surface area (Å²) in [6, 6.07) is 14.1. The third-order valence-corrected chi connectivity index (χ3v) is 4.55. The molecule has 27 heavy (non-hydrogen) atoms. The van der Waals surface area contributed by atoms with Crippen molar-refractivity contribution in [2.45, 2.75) is 6.61 Å². The Balaban J connectivity index is 1.84. The molecule has 3 rings (SSSR count). The molecule has 1 aromatic heterocycles. The third kappa shape index (κ3) is 4.29. The lowest BCUT2D eigenvalue weighted by atomic mass is 10.0. The SMILES string of the molecule is O=C(Nc1scc(-c2ccccc2)c1C(=O)O)c1ccc(OC(F)F)cc1. The topological polar surface area (TPSA) is 75.6 Å². The van der Waals surface area contributed by atoms with Crippen LogP contribution in [0.1, 0.15) is 20.7 Å². The zero-order valence-electron chi connectivity index (χ0n) is 13.7. The molecule has 5 nitrogen and oxygen atoms in total. The van der Waals surface area contributed by atoms with Crippen LogP contribution in [0.25, 0.3) is 11.1 Å². The van der Waals surface area contributed by atoms with Gasteiger partial charge >= 0.3 is 12.6 Å². The lowest BCUT2D eigenvalue weighted by molar-refractivity contribution is -0.0498. The van der Waals surface area contributed by atoms with E-state index in [1.807, 2.05) is 6.07 Å². The number of benzene rings is 2. The van der Waals surface area contributed by atoms with Crippen LogP contribution in [0.3, 0.4) is 0 Å². The predicted molar refractivity (Wildman–Crippen MR) is 97.7 cm³/mol. The monoisotopic (exact) mass is 389 g/mol. The molecule has 0 aliphatic carbocycles. The first-order valence-electron chi connectivity index (χ1n) is 7.72. The summed E-state index contributed by atoms with van der Waals surface area (Å²) in [5.41, 5.74) is 1.41. The molecular formula is C19H13F2NO4S. The molecule has 138 valence electrons. The van der Waals surface area contributed by atoms with E-state index in [2.05, 4.69) is 10.1 Å². The molecule has 2 aromatic carbocycles. The van der Waals surface area contributed by atoms with Crippen molar-refractivity contribution in [2.75, 3.05) is 5.32 Å². The summed E-state index contributed by atoms with van der Waals surface area (Å²) in [7, 11) is 0.